The number of rotatable bonds is 5. The van der Waals surface area contributed by atoms with Crippen LogP contribution in [0.3, 0.4) is 0 Å². The van der Waals surface area contributed by atoms with Crippen molar-refractivity contribution in [1.82, 2.24) is 5.32 Å². The first-order valence-electron chi connectivity index (χ1n) is 6.81. The molecule has 1 aromatic rings. The first-order valence-corrected chi connectivity index (χ1v) is 6.81. The Morgan fingerprint density at radius 2 is 1.85 bits per heavy atom. The molecule has 0 atom stereocenters. The van der Waals surface area contributed by atoms with Crippen LogP contribution in [0.1, 0.15) is 44.1 Å². The van der Waals surface area contributed by atoms with Gasteiger partial charge >= 0.3 is 5.97 Å². The Bertz CT molecular complexity index is 510. The quantitative estimate of drug-likeness (QED) is 0.870. The van der Waals surface area contributed by atoms with Crippen LogP contribution in [0.15, 0.2) is 24.3 Å². The third-order valence-electron chi connectivity index (χ3n) is 3.79. The first-order chi connectivity index (χ1) is 9.53. The molecule has 0 aliphatic heterocycles. The molecule has 0 aromatic heterocycles. The fourth-order valence-corrected chi connectivity index (χ4v) is 2.84. The molecular formula is C15H18FNO3. The van der Waals surface area contributed by atoms with Gasteiger partial charge in [-0.15, -0.1) is 0 Å². The van der Waals surface area contributed by atoms with E-state index in [9.17, 15) is 14.0 Å². The molecule has 108 valence electrons. The highest BCUT2D eigenvalue weighted by atomic mass is 19.1. The van der Waals surface area contributed by atoms with Crippen molar-refractivity contribution in [3.05, 3.63) is 35.6 Å². The van der Waals surface area contributed by atoms with E-state index in [4.69, 9.17) is 5.11 Å². The average molecular weight is 279 g/mol. The van der Waals surface area contributed by atoms with Gasteiger partial charge < -0.3 is 10.4 Å². The molecular weight excluding hydrogens is 261 g/mol. The van der Waals surface area contributed by atoms with E-state index in [-0.39, 0.29) is 24.6 Å². The van der Waals surface area contributed by atoms with Crippen LogP contribution in [-0.2, 0) is 15.1 Å². The summed E-state index contributed by atoms with van der Waals surface area (Å²) in [6.07, 6.45) is 2.94. The van der Waals surface area contributed by atoms with Crippen molar-refractivity contribution in [2.75, 3.05) is 0 Å². The van der Waals surface area contributed by atoms with Crippen LogP contribution >= 0.6 is 0 Å². The maximum atomic E-state index is 14.0. The number of aliphatic carboxylic acids is 1. The second-order valence-electron chi connectivity index (χ2n) is 5.21. The standard InChI is InChI=1S/C15H18FNO3/c16-12-6-2-1-5-11(12)15(9-3-4-10-15)17-13(18)7-8-14(19)20/h1-2,5-6H,3-4,7-10H2,(H,17,18)(H,19,20). The molecule has 1 fully saturated rings. The number of benzene rings is 1. The van der Waals surface area contributed by atoms with Gasteiger partial charge in [0.2, 0.25) is 5.91 Å². The maximum absolute atomic E-state index is 14.0. The topological polar surface area (TPSA) is 66.4 Å². The molecule has 0 bridgehead atoms. The van der Waals surface area contributed by atoms with Crippen molar-refractivity contribution < 1.29 is 19.1 Å². The summed E-state index contributed by atoms with van der Waals surface area (Å²) in [5.41, 5.74) is -0.179. The normalized spacial score (nSPS) is 16.9. The molecule has 4 nitrogen and oxygen atoms in total. The second-order valence-corrected chi connectivity index (χ2v) is 5.21. The van der Waals surface area contributed by atoms with Crippen LogP contribution in [0.4, 0.5) is 4.39 Å². The number of hydrogen-bond donors (Lipinski definition) is 2. The molecule has 1 saturated carbocycles. The largest absolute Gasteiger partial charge is 0.481 e. The summed E-state index contributed by atoms with van der Waals surface area (Å²) < 4.78 is 14.0. The van der Waals surface area contributed by atoms with Crippen LogP contribution in [0, 0.1) is 5.82 Å². The van der Waals surface area contributed by atoms with Gasteiger partial charge in [0.1, 0.15) is 5.82 Å². The van der Waals surface area contributed by atoms with Gasteiger partial charge in [0, 0.05) is 12.0 Å². The SMILES string of the molecule is O=C(O)CCC(=O)NC1(c2ccccc2F)CCCC1. The molecule has 1 aliphatic rings. The monoisotopic (exact) mass is 279 g/mol. The Labute approximate surface area is 117 Å². The van der Waals surface area contributed by atoms with Gasteiger partial charge in [-0.25, -0.2) is 4.39 Å². The van der Waals surface area contributed by atoms with E-state index in [1.807, 2.05) is 0 Å². The molecule has 0 unspecified atom stereocenters. The molecule has 20 heavy (non-hydrogen) atoms. The number of carbonyl (C=O) groups excluding carboxylic acids is 1. The molecule has 0 spiro atoms. The highest BCUT2D eigenvalue weighted by molar-refractivity contribution is 5.81. The lowest BCUT2D eigenvalue weighted by molar-refractivity contribution is -0.139. The summed E-state index contributed by atoms with van der Waals surface area (Å²) >= 11 is 0. The Balaban J connectivity index is 2.16. The fraction of sp³-hybridized carbons (Fsp3) is 0.467. The zero-order chi connectivity index (χ0) is 14.6. The number of nitrogens with one attached hydrogen (secondary N) is 1. The van der Waals surface area contributed by atoms with Crippen molar-refractivity contribution in [3.63, 3.8) is 0 Å². The Hall–Kier alpha value is -1.91. The van der Waals surface area contributed by atoms with Gasteiger partial charge in [-0.3, -0.25) is 9.59 Å². The van der Waals surface area contributed by atoms with Crippen molar-refractivity contribution in [2.24, 2.45) is 0 Å². The zero-order valence-electron chi connectivity index (χ0n) is 11.2. The summed E-state index contributed by atoms with van der Waals surface area (Å²) in [6.45, 7) is 0. The molecule has 1 amide bonds. The number of carboxylic acid groups (broad SMARTS) is 1. The molecule has 2 rings (SSSR count). The highest BCUT2D eigenvalue weighted by Gasteiger charge is 2.38. The molecule has 1 aliphatic carbocycles. The van der Waals surface area contributed by atoms with E-state index in [0.717, 1.165) is 12.8 Å². The number of carboxylic acids is 1. The van der Waals surface area contributed by atoms with Gasteiger partial charge in [-0.2, -0.15) is 0 Å². The van der Waals surface area contributed by atoms with Crippen LogP contribution in [0.2, 0.25) is 0 Å². The van der Waals surface area contributed by atoms with E-state index < -0.39 is 11.5 Å². The minimum Gasteiger partial charge on any atom is -0.481 e. The highest BCUT2D eigenvalue weighted by Crippen LogP contribution is 2.39. The average Bonchev–Trinajstić information content (AvgIpc) is 2.86. The van der Waals surface area contributed by atoms with Crippen molar-refractivity contribution in [1.29, 1.82) is 0 Å². The van der Waals surface area contributed by atoms with E-state index >= 15 is 0 Å². The summed E-state index contributed by atoms with van der Waals surface area (Å²) in [5, 5.41) is 11.5. The molecule has 5 heteroatoms. The lowest BCUT2D eigenvalue weighted by Gasteiger charge is -2.31. The summed E-state index contributed by atoms with van der Waals surface area (Å²) in [7, 11) is 0. The molecule has 0 heterocycles. The number of amides is 1. The number of halogens is 1. The van der Waals surface area contributed by atoms with E-state index in [0.29, 0.717) is 18.4 Å². The lowest BCUT2D eigenvalue weighted by atomic mass is 9.87. The maximum Gasteiger partial charge on any atom is 0.303 e. The predicted molar refractivity (Wildman–Crippen MR) is 71.6 cm³/mol. The van der Waals surface area contributed by atoms with Crippen molar-refractivity contribution in [3.8, 4) is 0 Å². The van der Waals surface area contributed by atoms with Gasteiger partial charge in [-0.1, -0.05) is 31.0 Å². The Morgan fingerprint density at radius 3 is 2.45 bits per heavy atom. The lowest BCUT2D eigenvalue weighted by Crippen LogP contribution is -2.44. The predicted octanol–water partition coefficient (Wildman–Crippen LogP) is 2.58. The van der Waals surface area contributed by atoms with Crippen LogP contribution in [-0.4, -0.2) is 17.0 Å². The van der Waals surface area contributed by atoms with Crippen molar-refractivity contribution >= 4 is 11.9 Å². The van der Waals surface area contributed by atoms with Gasteiger partial charge in [-0.05, 0) is 18.9 Å². The molecule has 2 N–H and O–H groups in total. The molecule has 1 aromatic carbocycles. The summed E-state index contributed by atoms with van der Waals surface area (Å²) in [5.74, 6) is -1.67. The number of hydrogen-bond acceptors (Lipinski definition) is 2. The third kappa shape index (κ3) is 3.15. The third-order valence-corrected chi connectivity index (χ3v) is 3.79. The molecule has 0 saturated heterocycles. The van der Waals surface area contributed by atoms with Crippen molar-refractivity contribution in [2.45, 2.75) is 44.1 Å². The summed E-state index contributed by atoms with van der Waals surface area (Å²) in [4.78, 5) is 22.4. The smallest absolute Gasteiger partial charge is 0.303 e. The zero-order valence-corrected chi connectivity index (χ0v) is 11.2. The van der Waals surface area contributed by atoms with Crippen LogP contribution < -0.4 is 5.32 Å². The fourth-order valence-electron chi connectivity index (χ4n) is 2.84. The van der Waals surface area contributed by atoms with Gasteiger partial charge in [0.05, 0.1) is 12.0 Å². The van der Waals surface area contributed by atoms with Gasteiger partial charge in [0.25, 0.3) is 0 Å². The van der Waals surface area contributed by atoms with E-state index in [1.165, 1.54) is 6.07 Å². The minimum atomic E-state index is -1.01. The second kappa shape index (κ2) is 6.03. The van der Waals surface area contributed by atoms with Crippen LogP contribution in [0.25, 0.3) is 0 Å². The Morgan fingerprint density at radius 1 is 1.20 bits per heavy atom. The first kappa shape index (κ1) is 14.5. The van der Waals surface area contributed by atoms with E-state index in [2.05, 4.69) is 5.32 Å². The Kier molecular flexibility index (Phi) is 4.37. The minimum absolute atomic E-state index is 0.0778. The van der Waals surface area contributed by atoms with E-state index in [1.54, 1.807) is 18.2 Å². The summed E-state index contributed by atoms with van der Waals surface area (Å²) in [6, 6.07) is 6.45. The number of carbonyl (C=O) groups is 2. The van der Waals surface area contributed by atoms with Crippen LogP contribution in [0.5, 0.6) is 0 Å². The molecule has 0 radical (unpaired) electrons. The van der Waals surface area contributed by atoms with Gasteiger partial charge in [0.15, 0.2) is 0 Å².